The summed E-state index contributed by atoms with van der Waals surface area (Å²) in [6.45, 7) is 5.83. The molecular formula is C22H25N3O3S. The van der Waals surface area contributed by atoms with E-state index in [2.05, 4.69) is 16.0 Å². The van der Waals surface area contributed by atoms with Crippen LogP contribution in [-0.4, -0.2) is 25.2 Å². The number of allylic oxidation sites excluding steroid dienone is 1. The second kappa shape index (κ2) is 8.53. The number of amides is 1. The van der Waals surface area contributed by atoms with Gasteiger partial charge in [0.15, 0.2) is 5.11 Å². The Morgan fingerprint density at radius 2 is 1.83 bits per heavy atom. The van der Waals surface area contributed by atoms with Gasteiger partial charge in [-0.2, -0.15) is 0 Å². The molecule has 0 saturated heterocycles. The van der Waals surface area contributed by atoms with Crippen LogP contribution in [0, 0.1) is 13.8 Å². The number of aryl methyl sites for hydroxylation is 2. The molecule has 1 atom stereocenters. The van der Waals surface area contributed by atoms with Gasteiger partial charge in [-0.15, -0.1) is 0 Å². The Labute approximate surface area is 176 Å². The zero-order valence-electron chi connectivity index (χ0n) is 17.2. The van der Waals surface area contributed by atoms with E-state index in [4.69, 9.17) is 21.7 Å². The minimum absolute atomic E-state index is 0.208. The van der Waals surface area contributed by atoms with Gasteiger partial charge in [0.1, 0.15) is 11.5 Å². The van der Waals surface area contributed by atoms with Gasteiger partial charge in [-0.1, -0.05) is 17.7 Å². The van der Waals surface area contributed by atoms with Gasteiger partial charge in [0.05, 0.1) is 25.8 Å². The summed E-state index contributed by atoms with van der Waals surface area (Å²) in [6, 6.07) is 11.0. The van der Waals surface area contributed by atoms with Gasteiger partial charge in [0.2, 0.25) is 0 Å². The van der Waals surface area contributed by atoms with Crippen molar-refractivity contribution in [1.82, 2.24) is 10.6 Å². The fourth-order valence-corrected chi connectivity index (χ4v) is 3.70. The van der Waals surface area contributed by atoms with Gasteiger partial charge in [-0.25, -0.2) is 0 Å². The topological polar surface area (TPSA) is 71.6 Å². The number of hydrogen-bond donors (Lipinski definition) is 3. The predicted molar refractivity (Wildman–Crippen MR) is 118 cm³/mol. The number of thiocarbonyl (C=S) groups is 1. The monoisotopic (exact) mass is 411 g/mol. The molecule has 152 valence electrons. The van der Waals surface area contributed by atoms with Crippen molar-refractivity contribution in [3.8, 4) is 11.5 Å². The second-order valence-electron chi connectivity index (χ2n) is 6.95. The molecule has 0 aliphatic carbocycles. The van der Waals surface area contributed by atoms with Gasteiger partial charge in [-0.3, -0.25) is 4.79 Å². The van der Waals surface area contributed by atoms with E-state index in [9.17, 15) is 4.79 Å². The van der Waals surface area contributed by atoms with E-state index < -0.39 is 6.04 Å². The Morgan fingerprint density at radius 3 is 2.48 bits per heavy atom. The van der Waals surface area contributed by atoms with E-state index in [0.717, 1.165) is 22.4 Å². The molecule has 3 rings (SSSR count). The Balaban J connectivity index is 2.01. The van der Waals surface area contributed by atoms with E-state index in [0.29, 0.717) is 27.9 Å². The first kappa shape index (κ1) is 20.7. The largest absolute Gasteiger partial charge is 0.497 e. The third kappa shape index (κ3) is 4.35. The third-order valence-electron chi connectivity index (χ3n) is 4.90. The summed E-state index contributed by atoms with van der Waals surface area (Å²) in [5.74, 6) is 1.07. The number of ether oxygens (including phenoxy) is 2. The first-order valence-corrected chi connectivity index (χ1v) is 9.63. The quantitative estimate of drug-likeness (QED) is 0.651. The standard InChI is InChI=1S/C22H25N3O3S/c1-12-6-9-17(13(2)10-12)24-21(26)19-14(3)23-22(29)25-20(19)16-8-7-15(27-4)11-18(16)28-5/h6-11,20H,1-5H3,(H,24,26)(H2,23,25,29)/t20-/m1/s1. The molecule has 2 aromatic rings. The van der Waals surface area contributed by atoms with E-state index in [-0.39, 0.29) is 5.91 Å². The number of anilines is 1. The molecule has 0 aromatic heterocycles. The molecule has 1 heterocycles. The van der Waals surface area contributed by atoms with Gasteiger partial charge in [-0.05, 0) is 56.8 Å². The number of benzene rings is 2. The SMILES string of the molecule is COc1ccc([C@H]2NC(=S)NC(C)=C2C(=O)Nc2ccc(C)cc2C)c(OC)c1. The maximum atomic E-state index is 13.3. The predicted octanol–water partition coefficient (Wildman–Crippen LogP) is 3.75. The number of hydrogen-bond acceptors (Lipinski definition) is 4. The summed E-state index contributed by atoms with van der Waals surface area (Å²) in [7, 11) is 3.18. The lowest BCUT2D eigenvalue weighted by Gasteiger charge is -2.31. The normalized spacial score (nSPS) is 16.0. The minimum Gasteiger partial charge on any atom is -0.497 e. The molecule has 7 heteroatoms. The van der Waals surface area contributed by atoms with E-state index in [1.807, 2.05) is 51.1 Å². The molecule has 0 bridgehead atoms. The Kier molecular flexibility index (Phi) is 6.08. The maximum absolute atomic E-state index is 13.3. The second-order valence-corrected chi connectivity index (χ2v) is 7.36. The van der Waals surface area contributed by atoms with Crippen molar-refractivity contribution < 1.29 is 14.3 Å². The average Bonchev–Trinajstić information content (AvgIpc) is 2.68. The fourth-order valence-electron chi connectivity index (χ4n) is 3.43. The molecule has 0 spiro atoms. The van der Waals surface area contributed by atoms with Crippen molar-refractivity contribution in [3.05, 3.63) is 64.4 Å². The first-order valence-electron chi connectivity index (χ1n) is 9.23. The molecule has 0 saturated carbocycles. The van der Waals surface area contributed by atoms with Crippen LogP contribution in [0.15, 0.2) is 47.7 Å². The van der Waals surface area contributed by atoms with Gasteiger partial charge < -0.3 is 25.4 Å². The number of rotatable bonds is 5. The van der Waals surface area contributed by atoms with E-state index in [1.54, 1.807) is 20.3 Å². The Hall–Kier alpha value is -3.06. The van der Waals surface area contributed by atoms with Crippen LogP contribution < -0.4 is 25.4 Å². The van der Waals surface area contributed by atoms with Crippen molar-refractivity contribution in [2.45, 2.75) is 26.8 Å². The maximum Gasteiger partial charge on any atom is 0.255 e. The molecule has 3 N–H and O–H groups in total. The summed E-state index contributed by atoms with van der Waals surface area (Å²) in [5, 5.41) is 9.73. The highest BCUT2D eigenvalue weighted by Gasteiger charge is 2.32. The van der Waals surface area contributed by atoms with E-state index >= 15 is 0 Å². The summed E-state index contributed by atoms with van der Waals surface area (Å²) >= 11 is 5.34. The van der Waals surface area contributed by atoms with Crippen molar-refractivity contribution in [3.63, 3.8) is 0 Å². The number of carbonyl (C=O) groups excluding carboxylic acids is 1. The Morgan fingerprint density at radius 1 is 1.07 bits per heavy atom. The highest BCUT2D eigenvalue weighted by Crippen LogP contribution is 2.36. The molecule has 29 heavy (non-hydrogen) atoms. The zero-order chi connectivity index (χ0) is 21.1. The van der Waals surface area contributed by atoms with Crippen LogP contribution in [0.5, 0.6) is 11.5 Å². The Bertz CT molecular complexity index is 1000. The average molecular weight is 412 g/mol. The van der Waals surface area contributed by atoms with Crippen molar-refractivity contribution in [2.24, 2.45) is 0 Å². The molecule has 1 amide bonds. The molecule has 1 aliphatic rings. The molecule has 2 aromatic carbocycles. The molecule has 0 unspecified atom stereocenters. The van der Waals surface area contributed by atoms with Crippen LogP contribution in [0.4, 0.5) is 5.69 Å². The van der Waals surface area contributed by atoms with Crippen LogP contribution in [0.2, 0.25) is 0 Å². The number of methoxy groups -OCH3 is 2. The molecule has 1 aliphatic heterocycles. The number of nitrogens with one attached hydrogen (secondary N) is 3. The summed E-state index contributed by atoms with van der Waals surface area (Å²) in [4.78, 5) is 13.3. The van der Waals surface area contributed by atoms with Crippen LogP contribution in [0.1, 0.15) is 29.7 Å². The summed E-state index contributed by atoms with van der Waals surface area (Å²) < 4.78 is 10.8. The van der Waals surface area contributed by atoms with Crippen molar-refractivity contribution in [1.29, 1.82) is 0 Å². The lowest BCUT2D eigenvalue weighted by molar-refractivity contribution is -0.113. The lowest BCUT2D eigenvalue weighted by atomic mass is 9.94. The smallest absolute Gasteiger partial charge is 0.255 e. The number of carbonyl (C=O) groups is 1. The van der Waals surface area contributed by atoms with Crippen molar-refractivity contribution >= 4 is 28.9 Å². The van der Waals surface area contributed by atoms with Crippen LogP contribution in [0.3, 0.4) is 0 Å². The molecule has 6 nitrogen and oxygen atoms in total. The van der Waals surface area contributed by atoms with Crippen LogP contribution >= 0.6 is 12.2 Å². The van der Waals surface area contributed by atoms with Gasteiger partial charge in [0, 0.05) is 23.0 Å². The zero-order valence-corrected chi connectivity index (χ0v) is 18.0. The molecule has 0 radical (unpaired) electrons. The minimum atomic E-state index is -0.463. The van der Waals surface area contributed by atoms with E-state index in [1.165, 1.54) is 0 Å². The third-order valence-corrected chi connectivity index (χ3v) is 5.12. The molecular weight excluding hydrogens is 386 g/mol. The van der Waals surface area contributed by atoms with Crippen LogP contribution in [-0.2, 0) is 4.79 Å². The fraction of sp³-hybridized carbons (Fsp3) is 0.273. The summed E-state index contributed by atoms with van der Waals surface area (Å²) in [6.07, 6.45) is 0. The van der Waals surface area contributed by atoms with Crippen molar-refractivity contribution in [2.75, 3.05) is 19.5 Å². The van der Waals surface area contributed by atoms with Crippen LogP contribution in [0.25, 0.3) is 0 Å². The summed E-state index contributed by atoms with van der Waals surface area (Å²) in [5.41, 5.74) is 4.95. The van der Waals surface area contributed by atoms with Gasteiger partial charge in [0.25, 0.3) is 5.91 Å². The highest BCUT2D eigenvalue weighted by molar-refractivity contribution is 7.80. The first-order chi connectivity index (χ1) is 13.8. The molecule has 0 fully saturated rings. The highest BCUT2D eigenvalue weighted by atomic mass is 32.1. The van der Waals surface area contributed by atoms with Gasteiger partial charge >= 0.3 is 0 Å². The lowest BCUT2D eigenvalue weighted by Crippen LogP contribution is -2.45.